The molecule has 1 atom stereocenters. The molecule has 0 saturated heterocycles. The van der Waals surface area contributed by atoms with Crippen molar-refractivity contribution in [2.24, 2.45) is 11.8 Å². The highest BCUT2D eigenvalue weighted by Gasteiger charge is 2.25. The monoisotopic (exact) mass is 329 g/mol. The first kappa shape index (κ1) is 14.9. The number of ketones is 1. The molecule has 1 aromatic heterocycles. The first-order chi connectivity index (χ1) is 11.1. The Morgan fingerprint density at radius 2 is 2.17 bits per heavy atom. The van der Waals surface area contributed by atoms with Gasteiger partial charge in [-0.25, -0.2) is 4.68 Å². The first-order valence-corrected chi connectivity index (χ1v) is 8.73. The van der Waals surface area contributed by atoms with Crippen LogP contribution in [0, 0.1) is 11.8 Å². The van der Waals surface area contributed by atoms with E-state index in [0.717, 1.165) is 48.3 Å². The fraction of sp³-hybridized carbons (Fsp3) is 0.500. The number of benzene rings is 1. The number of aromatic nitrogens is 3. The van der Waals surface area contributed by atoms with Gasteiger partial charge in [-0.3, -0.25) is 4.79 Å². The summed E-state index contributed by atoms with van der Waals surface area (Å²) >= 11 is 6.62. The highest BCUT2D eigenvalue weighted by atomic mass is 35.5. The van der Waals surface area contributed by atoms with Gasteiger partial charge >= 0.3 is 0 Å². The Balaban J connectivity index is 1.66. The van der Waals surface area contributed by atoms with E-state index in [9.17, 15) is 4.79 Å². The molecule has 0 amide bonds. The molecule has 120 valence electrons. The molecule has 1 heterocycles. The van der Waals surface area contributed by atoms with Gasteiger partial charge in [-0.15, -0.1) is 5.10 Å². The summed E-state index contributed by atoms with van der Waals surface area (Å²) in [5.41, 5.74) is 4.08. The van der Waals surface area contributed by atoms with Gasteiger partial charge in [0.15, 0.2) is 0 Å². The second kappa shape index (κ2) is 5.75. The Kier molecular flexibility index (Phi) is 3.72. The first-order valence-electron chi connectivity index (χ1n) is 8.35. The lowest BCUT2D eigenvalue weighted by Crippen LogP contribution is -2.13. The third kappa shape index (κ3) is 2.80. The number of rotatable bonds is 4. The van der Waals surface area contributed by atoms with Gasteiger partial charge in [0, 0.05) is 12.5 Å². The van der Waals surface area contributed by atoms with E-state index in [1.165, 1.54) is 18.4 Å². The van der Waals surface area contributed by atoms with Crippen LogP contribution in [-0.4, -0.2) is 20.8 Å². The van der Waals surface area contributed by atoms with Gasteiger partial charge < -0.3 is 0 Å². The summed E-state index contributed by atoms with van der Waals surface area (Å²) in [6.45, 7) is 2.62. The number of nitrogens with zero attached hydrogens (tertiary/aromatic N) is 3. The lowest BCUT2D eigenvalue weighted by atomic mass is 9.84. The topological polar surface area (TPSA) is 47.8 Å². The Morgan fingerprint density at radius 1 is 1.35 bits per heavy atom. The lowest BCUT2D eigenvalue weighted by molar-refractivity contribution is -0.120. The van der Waals surface area contributed by atoms with Crippen molar-refractivity contribution in [3.8, 4) is 0 Å². The summed E-state index contributed by atoms with van der Waals surface area (Å²) in [6.07, 6.45) is 7.36. The minimum absolute atomic E-state index is 0.167. The van der Waals surface area contributed by atoms with E-state index in [1.807, 2.05) is 4.68 Å². The molecule has 1 aromatic carbocycles. The van der Waals surface area contributed by atoms with Crippen molar-refractivity contribution in [2.45, 2.75) is 45.6 Å². The molecule has 2 aliphatic carbocycles. The van der Waals surface area contributed by atoms with Crippen LogP contribution in [-0.2, 0) is 11.3 Å². The van der Waals surface area contributed by atoms with E-state index in [1.54, 1.807) is 6.92 Å². The average molecular weight is 330 g/mol. The zero-order valence-corrected chi connectivity index (χ0v) is 14.0. The molecule has 1 fully saturated rings. The van der Waals surface area contributed by atoms with Crippen molar-refractivity contribution in [2.75, 3.05) is 0 Å². The summed E-state index contributed by atoms with van der Waals surface area (Å²) in [5, 5.41) is 9.27. The molecule has 5 heteroatoms. The molecule has 1 unspecified atom stereocenters. The molecule has 0 N–H and O–H groups in total. The molecular formula is C18H20ClN3O. The van der Waals surface area contributed by atoms with Crippen LogP contribution >= 0.6 is 11.6 Å². The van der Waals surface area contributed by atoms with Crippen LogP contribution in [0.4, 0.5) is 0 Å². The number of hydrogen-bond acceptors (Lipinski definition) is 3. The second-order valence-electron chi connectivity index (χ2n) is 6.82. The van der Waals surface area contributed by atoms with Crippen LogP contribution in [0.3, 0.4) is 0 Å². The van der Waals surface area contributed by atoms with Gasteiger partial charge in [-0.2, -0.15) is 0 Å². The number of halogens is 1. The van der Waals surface area contributed by atoms with E-state index in [2.05, 4.69) is 28.5 Å². The van der Waals surface area contributed by atoms with Gasteiger partial charge in [0.2, 0.25) is 0 Å². The fourth-order valence-electron chi connectivity index (χ4n) is 3.38. The zero-order chi connectivity index (χ0) is 16.0. The Labute approximate surface area is 140 Å². The molecule has 0 radical (unpaired) electrons. The highest BCUT2D eigenvalue weighted by molar-refractivity contribution is 6.36. The molecule has 2 aliphatic rings. The van der Waals surface area contributed by atoms with Gasteiger partial charge in [-0.05, 0) is 62.1 Å². The molecular weight excluding hydrogens is 310 g/mol. The molecule has 0 bridgehead atoms. The SMILES string of the molecule is CC(=O)C1CC=C(c2ccc3c(nnn3CC3CC3)c2Cl)CC1. The zero-order valence-electron chi connectivity index (χ0n) is 13.3. The minimum Gasteiger partial charge on any atom is -0.300 e. The normalized spacial score (nSPS) is 21.5. The van der Waals surface area contributed by atoms with Gasteiger partial charge in [0.05, 0.1) is 10.5 Å². The van der Waals surface area contributed by atoms with Crippen molar-refractivity contribution in [1.82, 2.24) is 15.0 Å². The highest BCUT2D eigenvalue weighted by Crippen LogP contribution is 2.37. The molecule has 23 heavy (non-hydrogen) atoms. The quantitative estimate of drug-likeness (QED) is 0.841. The van der Waals surface area contributed by atoms with Crippen molar-refractivity contribution in [3.05, 3.63) is 28.8 Å². The number of carbonyl (C=O) groups is 1. The largest absolute Gasteiger partial charge is 0.300 e. The molecule has 4 rings (SSSR count). The van der Waals surface area contributed by atoms with Crippen molar-refractivity contribution in [1.29, 1.82) is 0 Å². The minimum atomic E-state index is 0.167. The molecule has 2 aromatic rings. The van der Waals surface area contributed by atoms with Gasteiger partial charge in [0.1, 0.15) is 11.3 Å². The summed E-state index contributed by atoms with van der Waals surface area (Å²) in [4.78, 5) is 11.5. The Morgan fingerprint density at radius 3 is 2.83 bits per heavy atom. The Hall–Kier alpha value is -1.68. The summed E-state index contributed by atoms with van der Waals surface area (Å²) in [5.74, 6) is 1.20. The van der Waals surface area contributed by atoms with E-state index in [0.29, 0.717) is 5.02 Å². The van der Waals surface area contributed by atoms with Crippen LogP contribution in [0.1, 0.15) is 44.6 Å². The van der Waals surface area contributed by atoms with Crippen LogP contribution in [0.15, 0.2) is 18.2 Å². The van der Waals surface area contributed by atoms with Crippen molar-refractivity contribution < 1.29 is 4.79 Å². The van der Waals surface area contributed by atoms with Crippen LogP contribution in [0.25, 0.3) is 16.6 Å². The maximum atomic E-state index is 11.5. The maximum absolute atomic E-state index is 11.5. The summed E-state index contributed by atoms with van der Waals surface area (Å²) in [7, 11) is 0. The molecule has 0 spiro atoms. The molecule has 1 saturated carbocycles. The number of fused-ring (bicyclic) bond motifs is 1. The maximum Gasteiger partial charge on any atom is 0.133 e. The third-order valence-electron chi connectivity index (χ3n) is 5.09. The standard InChI is InChI=1S/C18H20ClN3O/c1-11(23)13-4-6-14(7-5-13)15-8-9-16-18(17(15)19)20-21-22(16)10-12-2-3-12/h6,8-9,12-13H,2-5,7,10H2,1H3. The van der Waals surface area contributed by atoms with E-state index in [-0.39, 0.29) is 11.7 Å². The molecule has 0 aliphatic heterocycles. The van der Waals surface area contributed by atoms with Crippen LogP contribution < -0.4 is 0 Å². The number of Topliss-reactive ketones (excluding diaryl/α,β-unsaturated/α-hetero) is 1. The summed E-state index contributed by atoms with van der Waals surface area (Å²) < 4.78 is 1.98. The second-order valence-corrected chi connectivity index (χ2v) is 7.20. The number of allylic oxidation sites excluding steroid dienone is 2. The van der Waals surface area contributed by atoms with Crippen LogP contribution in [0.2, 0.25) is 5.02 Å². The fourth-order valence-corrected chi connectivity index (χ4v) is 3.70. The van der Waals surface area contributed by atoms with Gasteiger partial charge in [-0.1, -0.05) is 29.0 Å². The lowest BCUT2D eigenvalue weighted by Gasteiger charge is -2.20. The van der Waals surface area contributed by atoms with Gasteiger partial charge in [0.25, 0.3) is 0 Å². The number of hydrogen-bond donors (Lipinski definition) is 0. The third-order valence-corrected chi connectivity index (χ3v) is 5.47. The predicted molar refractivity (Wildman–Crippen MR) is 91.3 cm³/mol. The van der Waals surface area contributed by atoms with Crippen molar-refractivity contribution in [3.63, 3.8) is 0 Å². The average Bonchev–Trinajstić information content (AvgIpc) is 3.27. The molecule has 4 nitrogen and oxygen atoms in total. The Bertz CT molecular complexity index is 804. The van der Waals surface area contributed by atoms with Crippen LogP contribution in [0.5, 0.6) is 0 Å². The van der Waals surface area contributed by atoms with E-state index in [4.69, 9.17) is 11.6 Å². The smallest absolute Gasteiger partial charge is 0.133 e. The van der Waals surface area contributed by atoms with E-state index < -0.39 is 0 Å². The van der Waals surface area contributed by atoms with E-state index >= 15 is 0 Å². The predicted octanol–water partition coefficient (Wildman–Crippen LogP) is 4.27. The van der Waals surface area contributed by atoms with Crippen molar-refractivity contribution >= 4 is 34.0 Å². The number of carbonyl (C=O) groups excluding carboxylic acids is 1. The summed E-state index contributed by atoms with van der Waals surface area (Å²) in [6, 6.07) is 4.16.